The van der Waals surface area contributed by atoms with Crippen LogP contribution in [0.25, 0.3) is 0 Å². The van der Waals surface area contributed by atoms with Crippen LogP contribution in [0.3, 0.4) is 0 Å². The van der Waals surface area contributed by atoms with Crippen molar-refractivity contribution in [2.75, 3.05) is 6.66 Å². The van der Waals surface area contributed by atoms with Gasteiger partial charge in [0.1, 0.15) is 0 Å². The second-order valence-electron chi connectivity index (χ2n) is 7.23. The Kier molecular flexibility index (Phi) is 2.28. The van der Waals surface area contributed by atoms with Gasteiger partial charge in [0.2, 0.25) is 0 Å². The van der Waals surface area contributed by atoms with E-state index in [-0.39, 0.29) is 0 Å². The summed E-state index contributed by atoms with van der Waals surface area (Å²) >= 11 is -0.619. The van der Waals surface area contributed by atoms with E-state index < -0.39 is 21.7 Å². The monoisotopic (exact) mass is 360 g/mol. The van der Waals surface area contributed by atoms with Gasteiger partial charge >= 0.3 is 126 Å². The van der Waals surface area contributed by atoms with Crippen LogP contribution in [0.15, 0.2) is 24.3 Å². The summed E-state index contributed by atoms with van der Waals surface area (Å²) in [4.78, 5) is 0. The Morgan fingerprint density at radius 1 is 1.00 bits per heavy atom. The molecule has 0 atom stereocenters. The number of nitrogens with zero attached hydrogens (tertiary/aromatic N) is 1. The van der Waals surface area contributed by atoms with Gasteiger partial charge in [-0.1, -0.05) is 0 Å². The number of nitrogens with one attached hydrogen (secondary N) is 1. The molecule has 1 aromatic rings. The van der Waals surface area contributed by atoms with Crippen molar-refractivity contribution in [1.82, 2.24) is 0 Å². The number of benzene rings is 1. The molecule has 4 fully saturated rings. The van der Waals surface area contributed by atoms with Crippen LogP contribution >= 0.6 is 0 Å². The predicted octanol–water partition coefficient (Wildman–Crippen LogP) is 3.42. The van der Waals surface area contributed by atoms with Crippen LogP contribution in [0.2, 0.25) is 0 Å². The Bertz CT molecular complexity index is 492. The minimum atomic E-state index is -0.619. The van der Waals surface area contributed by atoms with Crippen LogP contribution in [0.5, 0.6) is 0 Å². The van der Waals surface area contributed by atoms with E-state index in [9.17, 15) is 0 Å². The fourth-order valence-corrected chi connectivity index (χ4v) is 9.29. The molecule has 4 bridgehead atoms. The van der Waals surface area contributed by atoms with Crippen molar-refractivity contribution in [2.24, 2.45) is 17.8 Å². The van der Waals surface area contributed by atoms with Gasteiger partial charge in [0.15, 0.2) is 0 Å². The number of anilines is 2. The van der Waals surface area contributed by atoms with Crippen LogP contribution in [0.1, 0.15) is 38.5 Å². The van der Waals surface area contributed by atoms with Crippen molar-refractivity contribution < 1.29 is 0 Å². The van der Waals surface area contributed by atoms with Crippen molar-refractivity contribution >= 4 is 33.1 Å². The molecule has 4 saturated carbocycles. The Morgan fingerprint density at radius 2 is 1.63 bits per heavy atom. The molecule has 1 aliphatic heterocycles. The summed E-state index contributed by atoms with van der Waals surface area (Å²) in [5.74, 6) is 3.16. The van der Waals surface area contributed by atoms with E-state index in [1.165, 1.54) is 30.6 Å². The maximum absolute atomic E-state index is 3.77. The van der Waals surface area contributed by atoms with Crippen molar-refractivity contribution in [3.8, 4) is 0 Å². The molecule has 0 saturated heterocycles. The molecular weight excluding hydrogens is 339 g/mol. The molecule has 1 N–H and O–H groups in total. The van der Waals surface area contributed by atoms with E-state index in [0.29, 0.717) is 5.54 Å². The fourth-order valence-electron chi connectivity index (χ4n) is 5.66. The van der Waals surface area contributed by atoms with Crippen LogP contribution < -0.4 is 6.66 Å². The molecule has 0 spiro atoms. The molecule has 1 aromatic carbocycles. The summed E-state index contributed by atoms with van der Waals surface area (Å²) in [6.07, 6.45) is 9.13. The van der Waals surface area contributed by atoms with E-state index in [2.05, 4.69) is 30.9 Å². The Balaban J connectivity index is 1.57. The van der Waals surface area contributed by atoms with Gasteiger partial charge < -0.3 is 0 Å². The first-order chi connectivity index (χ1) is 9.32. The van der Waals surface area contributed by atoms with Crippen molar-refractivity contribution in [1.29, 1.82) is 0 Å². The number of hydrogen-bond donors (Lipinski definition) is 1. The summed E-state index contributed by atoms with van der Waals surface area (Å²) in [6.45, 7) is 0. The Hall–Kier alpha value is -0.381. The molecule has 98 valence electrons. The van der Waals surface area contributed by atoms with Crippen LogP contribution in [-0.2, 0) is 0 Å². The number of hydrogen-bond acceptors (Lipinski definition) is 2. The van der Waals surface area contributed by atoms with Crippen LogP contribution in [0, 0.1) is 17.8 Å². The van der Waals surface area contributed by atoms with E-state index in [1.807, 2.05) is 0 Å². The fraction of sp³-hybridized carbons (Fsp3) is 0.625. The van der Waals surface area contributed by atoms with Crippen molar-refractivity contribution in [2.45, 2.75) is 44.1 Å². The minimum absolute atomic E-state index is 0.570. The van der Waals surface area contributed by atoms with Gasteiger partial charge in [-0.3, -0.25) is 0 Å². The zero-order chi connectivity index (χ0) is 12.4. The summed E-state index contributed by atoms with van der Waals surface area (Å²) < 4.78 is 6.67. The van der Waals surface area contributed by atoms with Crippen LogP contribution in [-0.4, -0.2) is 27.2 Å². The molecular formula is C16H20N2Sn. The standard InChI is InChI=1S/C16H20N2.Sn/c17-14-3-1-2-4-15(14)18-16-8-11-5-12(9-16)7-13(6-11)10-16;/h1-4,11-13,17H,5-10H2;/q-2;+2. The number of para-hydroxylation sites is 2. The number of rotatable bonds is 1. The second-order valence-corrected chi connectivity index (χ2v) is 9.86. The summed E-state index contributed by atoms with van der Waals surface area (Å²) in [7, 11) is 0. The van der Waals surface area contributed by atoms with Gasteiger partial charge in [-0.2, -0.15) is 0 Å². The first kappa shape index (κ1) is 11.3. The molecule has 0 amide bonds. The molecule has 0 unspecified atom stereocenters. The maximum atomic E-state index is 3.77. The van der Waals surface area contributed by atoms with E-state index in [4.69, 9.17) is 0 Å². The van der Waals surface area contributed by atoms with E-state index in [0.717, 1.165) is 17.8 Å². The molecule has 1 heterocycles. The molecule has 0 aromatic heterocycles. The number of fused-ring (bicyclic) bond motifs is 1. The third kappa shape index (κ3) is 1.55. The molecule has 2 nitrogen and oxygen atoms in total. The molecule has 6 rings (SSSR count). The predicted molar refractivity (Wildman–Crippen MR) is 79.2 cm³/mol. The molecule has 5 aliphatic rings. The molecule has 2 radical (unpaired) electrons. The summed E-state index contributed by atoms with van der Waals surface area (Å²) in [5.41, 5.74) is 3.53. The Labute approximate surface area is 125 Å². The normalized spacial score (nSPS) is 42.3. The van der Waals surface area contributed by atoms with Gasteiger partial charge in [-0.05, 0) is 0 Å². The van der Waals surface area contributed by atoms with Gasteiger partial charge in [0, 0.05) is 0 Å². The Morgan fingerprint density at radius 3 is 2.32 bits per heavy atom. The van der Waals surface area contributed by atoms with Gasteiger partial charge in [-0.25, -0.2) is 0 Å². The van der Waals surface area contributed by atoms with E-state index in [1.54, 1.807) is 19.3 Å². The van der Waals surface area contributed by atoms with Crippen molar-refractivity contribution in [3.63, 3.8) is 0 Å². The first-order valence-corrected chi connectivity index (χ1v) is 10.4. The average Bonchev–Trinajstić information content (AvgIpc) is 2.81. The SMILES string of the molecule is c1ccc2c(c1)[NH][Sn][N]2C12CC3CC(CC(C3)C1)C2. The van der Waals surface area contributed by atoms with Crippen LogP contribution in [0.4, 0.5) is 11.4 Å². The topological polar surface area (TPSA) is 15.3 Å². The van der Waals surface area contributed by atoms with Gasteiger partial charge in [0.25, 0.3) is 0 Å². The zero-order valence-electron chi connectivity index (χ0n) is 11.2. The second kappa shape index (κ2) is 3.84. The third-order valence-corrected chi connectivity index (χ3v) is 9.69. The zero-order valence-corrected chi connectivity index (χ0v) is 14.1. The third-order valence-electron chi connectivity index (χ3n) is 5.93. The first-order valence-electron chi connectivity index (χ1n) is 7.73. The molecule has 3 heteroatoms. The summed E-state index contributed by atoms with van der Waals surface area (Å²) in [6, 6.07) is 9.03. The quantitative estimate of drug-likeness (QED) is 0.774. The van der Waals surface area contributed by atoms with Gasteiger partial charge in [0.05, 0.1) is 0 Å². The van der Waals surface area contributed by atoms with Gasteiger partial charge in [-0.15, -0.1) is 0 Å². The van der Waals surface area contributed by atoms with Crippen molar-refractivity contribution in [3.05, 3.63) is 24.3 Å². The van der Waals surface area contributed by atoms with E-state index >= 15 is 0 Å². The summed E-state index contributed by atoms with van der Waals surface area (Å²) in [5, 5.41) is 0. The molecule has 4 aliphatic carbocycles. The average molecular weight is 359 g/mol. The molecule has 19 heavy (non-hydrogen) atoms.